The Morgan fingerprint density at radius 2 is 2.14 bits per heavy atom. The molecule has 3 heterocycles. The average Bonchev–Trinajstić information content (AvgIpc) is 3.17. The summed E-state index contributed by atoms with van der Waals surface area (Å²) in [6.45, 7) is 7.36. The molecule has 0 amide bonds. The first-order valence-corrected chi connectivity index (χ1v) is 8.75. The van der Waals surface area contributed by atoms with Gasteiger partial charge in [-0.25, -0.2) is 9.97 Å². The fraction of sp³-hybridized carbons (Fsp3) is 0.333. The van der Waals surface area contributed by atoms with E-state index in [-0.39, 0.29) is 0 Å². The fourth-order valence-corrected chi connectivity index (χ4v) is 3.84. The number of rotatable bonds is 5. The minimum absolute atomic E-state index is 0.963. The van der Waals surface area contributed by atoms with E-state index in [9.17, 15) is 0 Å². The number of nitrogens with one attached hydrogen (secondary N) is 1. The normalized spacial score (nSPS) is 11.0. The molecule has 0 aromatic carbocycles. The lowest BCUT2D eigenvalue weighted by atomic mass is 10.2. The monoisotopic (exact) mass is 318 g/mol. The third-order valence-corrected chi connectivity index (χ3v) is 4.90. The van der Waals surface area contributed by atoms with Gasteiger partial charge in [0.1, 0.15) is 0 Å². The zero-order valence-electron chi connectivity index (χ0n) is 12.4. The maximum atomic E-state index is 4.69. The molecule has 0 saturated carbocycles. The summed E-state index contributed by atoms with van der Waals surface area (Å²) in [5, 5.41) is 9.47. The number of aryl methyl sites for hydroxylation is 1. The van der Waals surface area contributed by atoms with E-state index < -0.39 is 0 Å². The number of hydrogen-bond donors (Lipinski definition) is 1. The molecule has 3 rings (SSSR count). The third kappa shape index (κ3) is 2.73. The van der Waals surface area contributed by atoms with Crippen LogP contribution in [-0.2, 0) is 0 Å². The van der Waals surface area contributed by atoms with Crippen molar-refractivity contribution in [2.75, 3.05) is 11.9 Å². The Balaban J connectivity index is 1.96. The van der Waals surface area contributed by atoms with Gasteiger partial charge in [-0.2, -0.15) is 0 Å². The molecule has 4 nitrogen and oxygen atoms in total. The molecule has 21 heavy (non-hydrogen) atoms. The van der Waals surface area contributed by atoms with Crippen LogP contribution in [0.25, 0.3) is 16.4 Å². The second-order valence-electron chi connectivity index (χ2n) is 4.90. The highest BCUT2D eigenvalue weighted by Crippen LogP contribution is 2.31. The molecule has 0 radical (unpaired) electrons. The Morgan fingerprint density at radius 3 is 2.86 bits per heavy atom. The minimum Gasteiger partial charge on any atom is -0.362 e. The van der Waals surface area contributed by atoms with Crippen molar-refractivity contribution in [2.24, 2.45) is 0 Å². The second-order valence-corrected chi connectivity index (χ2v) is 6.63. The van der Waals surface area contributed by atoms with Crippen molar-refractivity contribution in [1.82, 2.24) is 14.5 Å². The van der Waals surface area contributed by atoms with E-state index in [1.54, 1.807) is 22.7 Å². The summed E-state index contributed by atoms with van der Waals surface area (Å²) >= 11 is 3.31. The highest BCUT2D eigenvalue weighted by atomic mass is 32.1. The number of anilines is 1. The van der Waals surface area contributed by atoms with E-state index in [0.717, 1.165) is 28.9 Å². The summed E-state index contributed by atoms with van der Waals surface area (Å²) in [6, 6.07) is 2.19. The Kier molecular flexibility index (Phi) is 4.07. The molecular formula is C15H18N4S2. The largest absolute Gasteiger partial charge is 0.362 e. The highest BCUT2D eigenvalue weighted by Gasteiger charge is 2.15. The molecule has 1 N–H and O–H groups in total. The van der Waals surface area contributed by atoms with Crippen molar-refractivity contribution < 1.29 is 0 Å². The van der Waals surface area contributed by atoms with Crippen LogP contribution in [-0.4, -0.2) is 21.1 Å². The maximum absolute atomic E-state index is 4.69. The molecule has 0 saturated heterocycles. The van der Waals surface area contributed by atoms with E-state index in [1.807, 2.05) is 11.6 Å². The summed E-state index contributed by atoms with van der Waals surface area (Å²) in [6.07, 6.45) is 2.95. The number of aromatic nitrogens is 3. The van der Waals surface area contributed by atoms with Gasteiger partial charge in [0.15, 0.2) is 10.3 Å². The molecule has 0 aliphatic carbocycles. The lowest BCUT2D eigenvalue weighted by molar-refractivity contribution is 0.950. The molecule has 0 atom stereocenters. The lowest BCUT2D eigenvalue weighted by Crippen LogP contribution is -1.99. The van der Waals surface area contributed by atoms with Crippen LogP contribution >= 0.6 is 22.7 Å². The SMILES string of the molecule is CCCNc1nc(-c2cc(C)n(-c3nccs3)c2C)cs1. The van der Waals surface area contributed by atoms with Gasteiger partial charge in [0.2, 0.25) is 0 Å². The van der Waals surface area contributed by atoms with Crippen LogP contribution in [0.2, 0.25) is 0 Å². The van der Waals surface area contributed by atoms with Crippen molar-refractivity contribution in [2.45, 2.75) is 27.2 Å². The second kappa shape index (κ2) is 5.99. The van der Waals surface area contributed by atoms with Gasteiger partial charge >= 0.3 is 0 Å². The first-order valence-electron chi connectivity index (χ1n) is 6.99. The van der Waals surface area contributed by atoms with E-state index in [0.29, 0.717) is 0 Å². The number of thiazole rings is 2. The van der Waals surface area contributed by atoms with Crippen LogP contribution in [0.4, 0.5) is 5.13 Å². The van der Waals surface area contributed by atoms with Gasteiger partial charge < -0.3 is 5.32 Å². The molecule has 0 aliphatic rings. The summed E-state index contributed by atoms with van der Waals surface area (Å²) < 4.78 is 2.19. The summed E-state index contributed by atoms with van der Waals surface area (Å²) in [5.74, 6) is 0. The number of hydrogen-bond acceptors (Lipinski definition) is 5. The van der Waals surface area contributed by atoms with Crippen LogP contribution in [0.15, 0.2) is 23.0 Å². The average molecular weight is 318 g/mol. The van der Waals surface area contributed by atoms with E-state index in [4.69, 9.17) is 4.98 Å². The van der Waals surface area contributed by atoms with E-state index in [2.05, 4.69) is 47.1 Å². The molecule has 0 unspecified atom stereocenters. The number of nitrogens with zero attached hydrogens (tertiary/aromatic N) is 3. The first kappa shape index (κ1) is 14.3. The molecule has 110 valence electrons. The smallest absolute Gasteiger partial charge is 0.193 e. The summed E-state index contributed by atoms with van der Waals surface area (Å²) in [5.41, 5.74) is 4.60. The standard InChI is InChI=1S/C15H18N4S2/c1-4-5-16-14-18-13(9-21-14)12-8-10(2)19(11(12)3)15-17-6-7-20-15/h6-9H,4-5H2,1-3H3,(H,16,18). The van der Waals surface area contributed by atoms with Crippen LogP contribution in [0, 0.1) is 13.8 Å². The van der Waals surface area contributed by atoms with Crippen molar-refractivity contribution in [3.63, 3.8) is 0 Å². The van der Waals surface area contributed by atoms with Gasteiger partial charge in [-0.1, -0.05) is 6.92 Å². The zero-order chi connectivity index (χ0) is 14.8. The van der Waals surface area contributed by atoms with Crippen molar-refractivity contribution in [1.29, 1.82) is 0 Å². The van der Waals surface area contributed by atoms with E-state index in [1.165, 1.54) is 17.0 Å². The molecule has 0 spiro atoms. The summed E-state index contributed by atoms with van der Waals surface area (Å²) in [4.78, 5) is 9.10. The molecule has 3 aromatic rings. The van der Waals surface area contributed by atoms with Gasteiger partial charge in [-0.05, 0) is 26.3 Å². The predicted octanol–water partition coefficient (Wildman–Crippen LogP) is 4.50. The quantitative estimate of drug-likeness (QED) is 0.753. The Bertz CT molecular complexity index is 725. The predicted molar refractivity (Wildman–Crippen MR) is 90.8 cm³/mol. The Hall–Kier alpha value is -1.66. The molecular weight excluding hydrogens is 300 g/mol. The van der Waals surface area contributed by atoms with Gasteiger partial charge in [0.25, 0.3) is 0 Å². The molecule has 3 aromatic heterocycles. The summed E-state index contributed by atoms with van der Waals surface area (Å²) in [7, 11) is 0. The van der Waals surface area contributed by atoms with Crippen LogP contribution < -0.4 is 5.32 Å². The lowest BCUT2D eigenvalue weighted by Gasteiger charge is -2.04. The molecule has 6 heteroatoms. The molecule has 0 fully saturated rings. The van der Waals surface area contributed by atoms with Crippen molar-refractivity contribution >= 4 is 27.8 Å². The minimum atomic E-state index is 0.963. The van der Waals surface area contributed by atoms with Crippen molar-refractivity contribution in [3.8, 4) is 16.4 Å². The molecule has 0 aliphatic heterocycles. The Morgan fingerprint density at radius 1 is 1.29 bits per heavy atom. The fourth-order valence-electron chi connectivity index (χ4n) is 2.35. The topological polar surface area (TPSA) is 42.7 Å². The Labute approximate surface area is 132 Å². The van der Waals surface area contributed by atoms with Gasteiger partial charge in [-0.15, -0.1) is 22.7 Å². The third-order valence-electron chi connectivity index (χ3n) is 3.35. The van der Waals surface area contributed by atoms with Crippen LogP contribution in [0.5, 0.6) is 0 Å². The zero-order valence-corrected chi connectivity index (χ0v) is 14.0. The maximum Gasteiger partial charge on any atom is 0.193 e. The first-order chi connectivity index (χ1) is 10.2. The van der Waals surface area contributed by atoms with E-state index >= 15 is 0 Å². The van der Waals surface area contributed by atoms with Gasteiger partial charge in [-0.3, -0.25) is 4.57 Å². The van der Waals surface area contributed by atoms with Gasteiger partial charge in [0, 0.05) is 40.5 Å². The van der Waals surface area contributed by atoms with Crippen LogP contribution in [0.3, 0.4) is 0 Å². The van der Waals surface area contributed by atoms with Gasteiger partial charge in [0.05, 0.1) is 5.69 Å². The van der Waals surface area contributed by atoms with Crippen molar-refractivity contribution in [3.05, 3.63) is 34.4 Å². The van der Waals surface area contributed by atoms with Crippen LogP contribution in [0.1, 0.15) is 24.7 Å². The molecule has 0 bridgehead atoms. The highest BCUT2D eigenvalue weighted by molar-refractivity contribution is 7.14.